The Morgan fingerprint density at radius 2 is 2.12 bits per heavy atom. The van der Waals surface area contributed by atoms with E-state index in [0.717, 1.165) is 24.0 Å². The van der Waals surface area contributed by atoms with Crippen molar-refractivity contribution >= 4 is 18.3 Å². The minimum absolute atomic E-state index is 0. The predicted molar refractivity (Wildman–Crippen MR) is 126 cm³/mol. The minimum Gasteiger partial charge on any atom is -0.456 e. The SMILES string of the molecule is Cl.N#Cc1ccc(Cn2ccnc2)cc1Oc1cccc(C2(CCO)CCCCNC2=O)c1. The molecule has 1 amide bonds. The molecule has 33 heavy (non-hydrogen) atoms. The summed E-state index contributed by atoms with van der Waals surface area (Å²) in [5.41, 5.74) is 1.44. The second kappa shape index (κ2) is 11.0. The number of aliphatic hydroxyl groups is 1. The maximum Gasteiger partial charge on any atom is 0.230 e. The smallest absolute Gasteiger partial charge is 0.230 e. The van der Waals surface area contributed by atoms with Crippen molar-refractivity contribution in [1.82, 2.24) is 14.9 Å². The normalized spacial score (nSPS) is 17.9. The molecule has 0 radical (unpaired) electrons. The summed E-state index contributed by atoms with van der Waals surface area (Å²) in [7, 11) is 0. The van der Waals surface area contributed by atoms with Crippen LogP contribution in [0.3, 0.4) is 0 Å². The number of imidazole rings is 1. The number of rotatable bonds is 7. The summed E-state index contributed by atoms with van der Waals surface area (Å²) in [5.74, 6) is 0.957. The number of amides is 1. The molecule has 7 nitrogen and oxygen atoms in total. The molecular weight excluding hydrogens is 440 g/mol. The molecule has 1 fully saturated rings. The van der Waals surface area contributed by atoms with Crippen LogP contribution in [0, 0.1) is 11.3 Å². The quantitative estimate of drug-likeness (QED) is 0.549. The van der Waals surface area contributed by atoms with E-state index in [2.05, 4.69) is 16.4 Å². The first-order chi connectivity index (χ1) is 15.6. The number of nitrogens with zero attached hydrogens (tertiary/aromatic N) is 3. The summed E-state index contributed by atoms with van der Waals surface area (Å²) in [6.07, 6.45) is 8.18. The van der Waals surface area contributed by atoms with Gasteiger partial charge in [0.15, 0.2) is 0 Å². The van der Waals surface area contributed by atoms with Gasteiger partial charge in [0.05, 0.1) is 17.3 Å². The van der Waals surface area contributed by atoms with Gasteiger partial charge in [0.2, 0.25) is 5.91 Å². The Bertz CT molecular complexity index is 1130. The zero-order chi connectivity index (χ0) is 22.4. The number of hydrogen-bond donors (Lipinski definition) is 2. The Kier molecular flexibility index (Phi) is 8.10. The van der Waals surface area contributed by atoms with E-state index in [-0.39, 0.29) is 24.9 Å². The van der Waals surface area contributed by atoms with Crippen LogP contribution in [-0.4, -0.2) is 33.7 Å². The predicted octanol–water partition coefficient (Wildman–Crippen LogP) is 3.94. The highest BCUT2D eigenvalue weighted by Gasteiger charge is 2.40. The molecule has 0 bridgehead atoms. The zero-order valence-electron chi connectivity index (χ0n) is 18.2. The number of nitriles is 1. The van der Waals surface area contributed by atoms with E-state index in [4.69, 9.17) is 4.74 Å². The van der Waals surface area contributed by atoms with Gasteiger partial charge in [0.25, 0.3) is 0 Å². The zero-order valence-corrected chi connectivity index (χ0v) is 19.1. The topological polar surface area (TPSA) is 100 Å². The van der Waals surface area contributed by atoms with Gasteiger partial charge in [0, 0.05) is 32.1 Å². The molecule has 1 unspecified atom stereocenters. The molecule has 1 aliphatic rings. The number of aliphatic hydroxyl groups excluding tert-OH is 1. The van der Waals surface area contributed by atoms with Gasteiger partial charge in [-0.2, -0.15) is 5.26 Å². The van der Waals surface area contributed by atoms with E-state index in [1.54, 1.807) is 18.6 Å². The van der Waals surface area contributed by atoms with Gasteiger partial charge >= 0.3 is 0 Å². The molecule has 1 aromatic heterocycles. The molecule has 3 aromatic rings. The molecule has 8 heteroatoms. The first-order valence-corrected chi connectivity index (χ1v) is 10.8. The second-order valence-corrected chi connectivity index (χ2v) is 8.08. The van der Waals surface area contributed by atoms with E-state index in [1.807, 2.05) is 47.2 Å². The Balaban J connectivity index is 0.00000306. The fraction of sp³-hybridized carbons (Fsp3) is 0.320. The highest BCUT2D eigenvalue weighted by atomic mass is 35.5. The van der Waals surface area contributed by atoms with Crippen LogP contribution in [0.15, 0.2) is 61.2 Å². The molecule has 4 rings (SSSR count). The van der Waals surface area contributed by atoms with Crippen LogP contribution in [0.5, 0.6) is 11.5 Å². The van der Waals surface area contributed by atoms with Gasteiger partial charge in [-0.1, -0.05) is 24.6 Å². The van der Waals surface area contributed by atoms with Crippen molar-refractivity contribution in [2.45, 2.75) is 37.6 Å². The van der Waals surface area contributed by atoms with Crippen molar-refractivity contribution in [2.24, 2.45) is 0 Å². The largest absolute Gasteiger partial charge is 0.456 e. The Labute approximate surface area is 199 Å². The number of hydrogen-bond acceptors (Lipinski definition) is 5. The molecular formula is C25H27ClN4O3. The summed E-state index contributed by atoms with van der Waals surface area (Å²) >= 11 is 0. The monoisotopic (exact) mass is 466 g/mol. The number of carbonyl (C=O) groups is 1. The van der Waals surface area contributed by atoms with E-state index in [0.29, 0.717) is 43.0 Å². The summed E-state index contributed by atoms with van der Waals surface area (Å²) < 4.78 is 8.08. The molecule has 1 saturated heterocycles. The lowest BCUT2D eigenvalue weighted by Gasteiger charge is -2.31. The van der Waals surface area contributed by atoms with Crippen LogP contribution >= 0.6 is 12.4 Å². The Hall–Kier alpha value is -3.34. The van der Waals surface area contributed by atoms with Crippen molar-refractivity contribution in [3.05, 3.63) is 77.9 Å². The van der Waals surface area contributed by atoms with E-state index >= 15 is 0 Å². The van der Waals surface area contributed by atoms with Crippen molar-refractivity contribution in [1.29, 1.82) is 5.26 Å². The standard InChI is InChI=1S/C25H26N4O3.ClH/c26-16-20-7-6-19(17-29-12-11-27-18-29)14-23(20)32-22-5-3-4-21(15-22)25(9-13-30)8-1-2-10-28-24(25)31;/h3-7,11-12,14-15,18,30H,1-2,8-10,13,17H2,(H,28,31);1H. The number of nitrogens with one attached hydrogen (secondary N) is 1. The maximum atomic E-state index is 13.0. The van der Waals surface area contributed by atoms with Crippen molar-refractivity contribution in [3.63, 3.8) is 0 Å². The lowest BCUT2D eigenvalue weighted by atomic mass is 9.73. The summed E-state index contributed by atoms with van der Waals surface area (Å²) in [4.78, 5) is 17.0. The van der Waals surface area contributed by atoms with Crippen LogP contribution in [-0.2, 0) is 16.8 Å². The average Bonchev–Trinajstić information content (AvgIpc) is 3.24. The molecule has 0 aliphatic carbocycles. The summed E-state index contributed by atoms with van der Waals surface area (Å²) in [6, 6.07) is 15.1. The van der Waals surface area contributed by atoms with Gasteiger partial charge < -0.3 is 19.7 Å². The highest BCUT2D eigenvalue weighted by Crippen LogP contribution is 2.38. The van der Waals surface area contributed by atoms with Crippen LogP contribution in [0.25, 0.3) is 0 Å². The molecule has 0 spiro atoms. The summed E-state index contributed by atoms with van der Waals surface area (Å²) in [5, 5.41) is 22.3. The van der Waals surface area contributed by atoms with Crippen molar-refractivity contribution in [3.8, 4) is 17.6 Å². The molecule has 2 aromatic carbocycles. The molecule has 172 valence electrons. The third kappa shape index (κ3) is 5.36. The van der Waals surface area contributed by atoms with Gasteiger partial charge in [-0.25, -0.2) is 4.98 Å². The highest BCUT2D eigenvalue weighted by molar-refractivity contribution is 5.88. The molecule has 1 atom stereocenters. The van der Waals surface area contributed by atoms with Gasteiger partial charge in [-0.05, 0) is 54.7 Å². The average molecular weight is 467 g/mol. The third-order valence-corrected chi connectivity index (χ3v) is 5.99. The first kappa shape index (κ1) is 24.3. The summed E-state index contributed by atoms with van der Waals surface area (Å²) in [6.45, 7) is 1.19. The number of benzene rings is 2. The number of carbonyl (C=O) groups excluding carboxylic acids is 1. The van der Waals surface area contributed by atoms with Crippen molar-refractivity contribution < 1.29 is 14.6 Å². The van der Waals surface area contributed by atoms with E-state index in [9.17, 15) is 15.2 Å². The van der Waals surface area contributed by atoms with Crippen LogP contribution in [0.1, 0.15) is 42.4 Å². The fourth-order valence-corrected chi connectivity index (χ4v) is 4.30. The number of ether oxygens (including phenoxy) is 1. The Morgan fingerprint density at radius 3 is 2.88 bits per heavy atom. The van der Waals surface area contributed by atoms with Gasteiger partial charge in [0.1, 0.15) is 17.6 Å². The fourth-order valence-electron chi connectivity index (χ4n) is 4.30. The molecule has 2 N–H and O–H groups in total. The Morgan fingerprint density at radius 1 is 1.24 bits per heavy atom. The molecule has 1 aliphatic heterocycles. The minimum atomic E-state index is -0.786. The second-order valence-electron chi connectivity index (χ2n) is 8.08. The number of halogens is 1. The van der Waals surface area contributed by atoms with E-state index in [1.165, 1.54) is 0 Å². The van der Waals surface area contributed by atoms with Crippen molar-refractivity contribution in [2.75, 3.05) is 13.2 Å². The van der Waals surface area contributed by atoms with Gasteiger partial charge in [-0.15, -0.1) is 12.4 Å². The molecule has 0 saturated carbocycles. The lowest BCUT2D eigenvalue weighted by molar-refractivity contribution is -0.127. The lowest BCUT2D eigenvalue weighted by Crippen LogP contribution is -2.43. The number of aromatic nitrogens is 2. The van der Waals surface area contributed by atoms with Crippen LogP contribution in [0.2, 0.25) is 0 Å². The maximum absolute atomic E-state index is 13.0. The third-order valence-electron chi connectivity index (χ3n) is 5.99. The molecule has 2 heterocycles. The van der Waals surface area contributed by atoms with E-state index < -0.39 is 5.41 Å². The van der Waals surface area contributed by atoms with Gasteiger partial charge in [-0.3, -0.25) is 4.79 Å². The van der Waals surface area contributed by atoms with Crippen LogP contribution < -0.4 is 10.1 Å². The van der Waals surface area contributed by atoms with Crippen LogP contribution in [0.4, 0.5) is 0 Å². The first-order valence-electron chi connectivity index (χ1n) is 10.8.